The molecule has 0 saturated carbocycles. The van der Waals surface area contributed by atoms with Gasteiger partial charge in [0.05, 0.1) is 0 Å². The molecule has 0 heterocycles. The third kappa shape index (κ3) is 6.36. The van der Waals surface area contributed by atoms with E-state index < -0.39 is 0 Å². The summed E-state index contributed by atoms with van der Waals surface area (Å²) in [5.41, 5.74) is 2.00. The zero-order valence-corrected chi connectivity index (χ0v) is 15.5. The maximum absolute atomic E-state index is 11.7. The van der Waals surface area contributed by atoms with E-state index in [1.54, 1.807) is 24.3 Å². The Bertz CT molecular complexity index is 638. The minimum atomic E-state index is -0.200. The van der Waals surface area contributed by atoms with Gasteiger partial charge in [-0.15, -0.1) is 0 Å². The number of esters is 2. The predicted octanol–water partition coefficient (Wildman–Crippen LogP) is 5.54. The van der Waals surface area contributed by atoms with Gasteiger partial charge >= 0.3 is 11.9 Å². The predicted molar refractivity (Wildman–Crippen MR) is 102 cm³/mol. The smallest absolute Gasteiger partial charge is 0.311 e. The number of carbonyl (C=O) groups is 2. The quantitative estimate of drug-likeness (QED) is 0.438. The van der Waals surface area contributed by atoms with Crippen molar-refractivity contribution in [2.75, 3.05) is 0 Å². The monoisotopic (exact) mass is 354 g/mol. The van der Waals surface area contributed by atoms with Crippen LogP contribution in [0.2, 0.25) is 0 Å². The molecular weight excluding hydrogens is 328 g/mol. The Morgan fingerprint density at radius 1 is 0.654 bits per heavy atom. The highest BCUT2D eigenvalue weighted by Crippen LogP contribution is 2.25. The third-order valence-corrected chi connectivity index (χ3v) is 3.97. The summed E-state index contributed by atoms with van der Waals surface area (Å²) in [6.07, 6.45) is 4.50. The lowest BCUT2D eigenvalue weighted by Crippen LogP contribution is -2.07. The molecule has 0 aliphatic heterocycles. The summed E-state index contributed by atoms with van der Waals surface area (Å²) in [4.78, 5) is 23.3. The number of benzene rings is 2. The van der Waals surface area contributed by atoms with Gasteiger partial charge in [0.15, 0.2) is 0 Å². The van der Waals surface area contributed by atoms with Gasteiger partial charge in [0, 0.05) is 12.8 Å². The number of hydrogen-bond acceptors (Lipinski definition) is 4. The molecule has 0 radical (unpaired) electrons. The lowest BCUT2D eigenvalue weighted by atomic mass is 10.1. The van der Waals surface area contributed by atoms with E-state index in [4.69, 9.17) is 9.47 Å². The fraction of sp³-hybridized carbons (Fsp3) is 0.364. The average Bonchev–Trinajstić information content (AvgIpc) is 2.66. The van der Waals surface area contributed by atoms with Gasteiger partial charge in [0.25, 0.3) is 0 Å². The van der Waals surface area contributed by atoms with E-state index in [1.807, 2.05) is 38.1 Å². The lowest BCUT2D eigenvalue weighted by molar-refractivity contribution is -0.135. The molecule has 4 nitrogen and oxygen atoms in total. The SMILES string of the molecule is CCCCC(=O)Oc1ccc(-c2ccc(OC(=O)CCCC)cc2)cc1. The Kier molecular flexibility index (Phi) is 7.87. The first-order valence-electron chi connectivity index (χ1n) is 9.24. The topological polar surface area (TPSA) is 52.6 Å². The van der Waals surface area contributed by atoms with Gasteiger partial charge in [0.1, 0.15) is 11.5 Å². The molecule has 0 aliphatic carbocycles. The zero-order chi connectivity index (χ0) is 18.8. The Morgan fingerprint density at radius 3 is 1.31 bits per heavy atom. The Hall–Kier alpha value is -2.62. The van der Waals surface area contributed by atoms with Gasteiger partial charge in [-0.05, 0) is 48.2 Å². The van der Waals surface area contributed by atoms with E-state index in [0.29, 0.717) is 24.3 Å². The number of ether oxygens (including phenoxy) is 2. The molecule has 2 rings (SSSR count). The standard InChI is InChI=1S/C22H26O4/c1-3-5-7-21(23)25-19-13-9-17(10-14-19)18-11-15-20(16-12-18)26-22(24)8-6-4-2/h9-16H,3-8H2,1-2H3. The van der Waals surface area contributed by atoms with Crippen LogP contribution in [0.3, 0.4) is 0 Å². The van der Waals surface area contributed by atoms with Crippen molar-refractivity contribution in [3.8, 4) is 22.6 Å². The summed E-state index contributed by atoms with van der Waals surface area (Å²) in [6, 6.07) is 14.8. The molecule has 0 spiro atoms. The van der Waals surface area contributed by atoms with Crippen LogP contribution in [-0.4, -0.2) is 11.9 Å². The van der Waals surface area contributed by atoms with Crippen molar-refractivity contribution in [3.05, 3.63) is 48.5 Å². The highest BCUT2D eigenvalue weighted by molar-refractivity contribution is 5.74. The van der Waals surface area contributed by atoms with Crippen LogP contribution in [0.1, 0.15) is 52.4 Å². The number of carbonyl (C=O) groups excluding carboxylic acids is 2. The van der Waals surface area contributed by atoms with Crippen LogP contribution in [-0.2, 0) is 9.59 Å². The van der Waals surface area contributed by atoms with Crippen LogP contribution in [0.15, 0.2) is 48.5 Å². The highest BCUT2D eigenvalue weighted by Gasteiger charge is 2.06. The second-order valence-electron chi connectivity index (χ2n) is 6.20. The van der Waals surface area contributed by atoms with Gasteiger partial charge in [-0.1, -0.05) is 51.0 Å². The van der Waals surface area contributed by atoms with Crippen LogP contribution >= 0.6 is 0 Å². The molecule has 0 aliphatic rings. The van der Waals surface area contributed by atoms with E-state index >= 15 is 0 Å². The molecule has 2 aromatic carbocycles. The summed E-state index contributed by atoms with van der Waals surface area (Å²) >= 11 is 0. The third-order valence-electron chi connectivity index (χ3n) is 3.97. The maximum atomic E-state index is 11.7. The van der Waals surface area contributed by atoms with Crippen LogP contribution in [0, 0.1) is 0 Å². The van der Waals surface area contributed by atoms with E-state index in [0.717, 1.165) is 36.8 Å². The fourth-order valence-electron chi connectivity index (χ4n) is 2.44. The van der Waals surface area contributed by atoms with Crippen LogP contribution in [0.5, 0.6) is 11.5 Å². The second-order valence-corrected chi connectivity index (χ2v) is 6.20. The molecule has 0 aromatic heterocycles. The van der Waals surface area contributed by atoms with Crippen molar-refractivity contribution < 1.29 is 19.1 Å². The molecule has 0 atom stereocenters. The molecular formula is C22H26O4. The first-order valence-corrected chi connectivity index (χ1v) is 9.24. The van der Waals surface area contributed by atoms with Crippen LogP contribution in [0.4, 0.5) is 0 Å². The molecule has 0 saturated heterocycles. The lowest BCUT2D eigenvalue weighted by Gasteiger charge is -2.07. The molecule has 0 amide bonds. The summed E-state index contributed by atoms with van der Waals surface area (Å²) in [5.74, 6) is 0.704. The number of rotatable bonds is 9. The normalized spacial score (nSPS) is 10.4. The van der Waals surface area contributed by atoms with Crippen molar-refractivity contribution >= 4 is 11.9 Å². The minimum absolute atomic E-state index is 0.200. The number of hydrogen-bond donors (Lipinski definition) is 0. The van der Waals surface area contributed by atoms with E-state index in [2.05, 4.69) is 0 Å². The Morgan fingerprint density at radius 2 is 1.00 bits per heavy atom. The molecule has 2 aromatic rings. The van der Waals surface area contributed by atoms with Gasteiger partial charge in [-0.3, -0.25) is 9.59 Å². The van der Waals surface area contributed by atoms with Crippen LogP contribution < -0.4 is 9.47 Å². The maximum Gasteiger partial charge on any atom is 0.311 e. The average molecular weight is 354 g/mol. The van der Waals surface area contributed by atoms with Gasteiger partial charge in [-0.2, -0.15) is 0 Å². The van der Waals surface area contributed by atoms with Crippen molar-refractivity contribution in [2.24, 2.45) is 0 Å². The minimum Gasteiger partial charge on any atom is -0.427 e. The fourth-order valence-corrected chi connectivity index (χ4v) is 2.44. The zero-order valence-electron chi connectivity index (χ0n) is 15.5. The molecule has 138 valence electrons. The van der Waals surface area contributed by atoms with Gasteiger partial charge in [-0.25, -0.2) is 0 Å². The van der Waals surface area contributed by atoms with Crippen molar-refractivity contribution in [1.82, 2.24) is 0 Å². The summed E-state index contributed by atoms with van der Waals surface area (Å²) in [6.45, 7) is 4.08. The second kappa shape index (κ2) is 10.4. The van der Waals surface area contributed by atoms with E-state index in [-0.39, 0.29) is 11.9 Å². The van der Waals surface area contributed by atoms with Crippen molar-refractivity contribution in [2.45, 2.75) is 52.4 Å². The highest BCUT2D eigenvalue weighted by atomic mass is 16.5. The summed E-state index contributed by atoms with van der Waals surface area (Å²) in [5, 5.41) is 0. The molecule has 0 unspecified atom stereocenters. The summed E-state index contributed by atoms with van der Waals surface area (Å²) < 4.78 is 10.6. The van der Waals surface area contributed by atoms with Crippen LogP contribution in [0.25, 0.3) is 11.1 Å². The first kappa shape index (κ1) is 19.7. The van der Waals surface area contributed by atoms with Gasteiger partial charge < -0.3 is 9.47 Å². The Balaban J connectivity index is 1.94. The molecule has 4 heteroatoms. The molecule has 0 bridgehead atoms. The van der Waals surface area contributed by atoms with Crippen molar-refractivity contribution in [3.63, 3.8) is 0 Å². The largest absolute Gasteiger partial charge is 0.427 e. The summed E-state index contributed by atoms with van der Waals surface area (Å²) in [7, 11) is 0. The molecule has 0 fully saturated rings. The number of unbranched alkanes of at least 4 members (excludes halogenated alkanes) is 2. The van der Waals surface area contributed by atoms with E-state index in [1.165, 1.54) is 0 Å². The Labute approximate surface area is 155 Å². The van der Waals surface area contributed by atoms with Gasteiger partial charge in [0.2, 0.25) is 0 Å². The molecule has 0 N–H and O–H groups in total. The molecule has 26 heavy (non-hydrogen) atoms. The van der Waals surface area contributed by atoms with Crippen molar-refractivity contribution in [1.29, 1.82) is 0 Å². The first-order chi connectivity index (χ1) is 12.6. The van der Waals surface area contributed by atoms with E-state index in [9.17, 15) is 9.59 Å².